The smallest absolute Gasteiger partial charge is 0.260 e. The average molecular weight is 303 g/mol. The maximum absolute atomic E-state index is 12.2. The fourth-order valence-electron chi connectivity index (χ4n) is 2.79. The van der Waals surface area contributed by atoms with Crippen molar-refractivity contribution in [2.24, 2.45) is 0 Å². The molecule has 0 aliphatic heterocycles. The molecule has 1 aromatic carbocycles. The Labute approximate surface area is 132 Å². The number of hydrogen-bond acceptors (Lipinski definition) is 3. The molecule has 1 N–H and O–H groups in total. The summed E-state index contributed by atoms with van der Waals surface area (Å²) in [4.78, 5) is 23.6. The molecule has 0 aromatic heterocycles. The Kier molecular flexibility index (Phi) is 5.99. The van der Waals surface area contributed by atoms with Gasteiger partial charge in [0.05, 0.1) is 0 Å². The van der Waals surface area contributed by atoms with Crippen LogP contribution in [0, 0.1) is 0 Å². The highest BCUT2D eigenvalue weighted by Crippen LogP contribution is 2.18. The Bertz CT molecular complexity index is 519. The number of carbonyl (C=O) groups excluding carboxylic acids is 2. The first-order valence-corrected chi connectivity index (χ1v) is 8.14. The van der Waals surface area contributed by atoms with Crippen molar-refractivity contribution < 1.29 is 14.3 Å². The van der Waals surface area contributed by atoms with Crippen molar-refractivity contribution in [3.63, 3.8) is 0 Å². The summed E-state index contributed by atoms with van der Waals surface area (Å²) in [5.41, 5.74) is 0.592. The number of carbonyl (C=O) groups is 2. The van der Waals surface area contributed by atoms with E-state index in [9.17, 15) is 9.59 Å². The van der Waals surface area contributed by atoms with Gasteiger partial charge in [0, 0.05) is 11.6 Å². The molecule has 0 heterocycles. The van der Waals surface area contributed by atoms with E-state index in [1.807, 2.05) is 0 Å². The first-order valence-electron chi connectivity index (χ1n) is 8.14. The maximum atomic E-state index is 12.2. The quantitative estimate of drug-likeness (QED) is 0.669. The van der Waals surface area contributed by atoms with Crippen molar-refractivity contribution in [3.8, 4) is 5.75 Å². The number of amides is 1. The SMILES string of the molecule is CC(=O)c1cccc(OC(C)C(=O)NC2CCCCCC2)c1. The van der Waals surface area contributed by atoms with Crippen LogP contribution in [-0.4, -0.2) is 23.8 Å². The molecule has 0 radical (unpaired) electrons. The molecule has 120 valence electrons. The third kappa shape index (κ3) is 4.86. The molecule has 1 fully saturated rings. The minimum absolute atomic E-state index is 0.0130. The molecule has 1 saturated carbocycles. The highest BCUT2D eigenvalue weighted by atomic mass is 16.5. The van der Waals surface area contributed by atoms with Crippen LogP contribution in [0.1, 0.15) is 62.7 Å². The zero-order chi connectivity index (χ0) is 15.9. The Morgan fingerprint density at radius 3 is 2.50 bits per heavy atom. The Morgan fingerprint density at radius 1 is 1.18 bits per heavy atom. The van der Waals surface area contributed by atoms with Gasteiger partial charge in [0.15, 0.2) is 11.9 Å². The average Bonchev–Trinajstić information content (AvgIpc) is 2.76. The van der Waals surface area contributed by atoms with E-state index in [0.29, 0.717) is 11.3 Å². The van der Waals surface area contributed by atoms with Crippen molar-refractivity contribution in [2.75, 3.05) is 0 Å². The second-order valence-corrected chi connectivity index (χ2v) is 6.04. The lowest BCUT2D eigenvalue weighted by Gasteiger charge is -2.20. The second kappa shape index (κ2) is 7.97. The van der Waals surface area contributed by atoms with Gasteiger partial charge in [-0.3, -0.25) is 9.59 Å². The Morgan fingerprint density at radius 2 is 1.86 bits per heavy atom. The van der Waals surface area contributed by atoms with Gasteiger partial charge in [-0.1, -0.05) is 37.8 Å². The third-order valence-electron chi connectivity index (χ3n) is 4.12. The minimum Gasteiger partial charge on any atom is -0.481 e. The lowest BCUT2D eigenvalue weighted by Crippen LogP contribution is -2.42. The Hall–Kier alpha value is -1.84. The van der Waals surface area contributed by atoms with Crippen LogP contribution in [0.5, 0.6) is 5.75 Å². The molecule has 1 aliphatic rings. The summed E-state index contributed by atoms with van der Waals surface area (Å²) in [6.07, 6.45) is 6.43. The summed E-state index contributed by atoms with van der Waals surface area (Å²) >= 11 is 0. The van der Waals surface area contributed by atoms with E-state index < -0.39 is 6.10 Å². The molecule has 0 bridgehead atoms. The summed E-state index contributed by atoms with van der Waals surface area (Å²) in [6, 6.07) is 7.22. The summed E-state index contributed by atoms with van der Waals surface area (Å²) in [7, 11) is 0. The van der Waals surface area contributed by atoms with Gasteiger partial charge in [0.2, 0.25) is 0 Å². The number of Topliss-reactive ketones (excluding diaryl/α,β-unsaturated/α-hetero) is 1. The number of ketones is 1. The molecule has 2 rings (SSSR count). The van der Waals surface area contributed by atoms with E-state index >= 15 is 0 Å². The van der Waals surface area contributed by atoms with E-state index in [1.165, 1.54) is 32.6 Å². The van der Waals surface area contributed by atoms with Gasteiger partial charge in [-0.05, 0) is 38.8 Å². The number of benzene rings is 1. The van der Waals surface area contributed by atoms with E-state index in [4.69, 9.17) is 4.74 Å². The van der Waals surface area contributed by atoms with Crippen LogP contribution in [0.25, 0.3) is 0 Å². The Balaban J connectivity index is 1.90. The molecule has 1 unspecified atom stereocenters. The molecule has 4 nitrogen and oxygen atoms in total. The maximum Gasteiger partial charge on any atom is 0.260 e. The van der Waals surface area contributed by atoms with Gasteiger partial charge in [-0.2, -0.15) is 0 Å². The predicted molar refractivity (Wildman–Crippen MR) is 86.2 cm³/mol. The molecule has 1 atom stereocenters. The van der Waals surface area contributed by atoms with Gasteiger partial charge >= 0.3 is 0 Å². The van der Waals surface area contributed by atoms with Crippen LogP contribution in [0.15, 0.2) is 24.3 Å². The zero-order valence-electron chi connectivity index (χ0n) is 13.4. The van der Waals surface area contributed by atoms with Crippen LogP contribution in [0.2, 0.25) is 0 Å². The molecule has 1 amide bonds. The van der Waals surface area contributed by atoms with E-state index in [-0.39, 0.29) is 17.7 Å². The zero-order valence-corrected chi connectivity index (χ0v) is 13.4. The summed E-state index contributed by atoms with van der Waals surface area (Å²) in [6.45, 7) is 3.26. The van der Waals surface area contributed by atoms with Gasteiger partial charge in [-0.25, -0.2) is 0 Å². The molecule has 0 spiro atoms. The van der Waals surface area contributed by atoms with Crippen LogP contribution in [-0.2, 0) is 4.79 Å². The standard InChI is InChI=1S/C18H25NO3/c1-13(20)15-8-7-11-17(12-15)22-14(2)18(21)19-16-9-5-3-4-6-10-16/h7-8,11-12,14,16H,3-6,9-10H2,1-2H3,(H,19,21). The van der Waals surface area contributed by atoms with Gasteiger partial charge in [0.25, 0.3) is 5.91 Å². The largest absolute Gasteiger partial charge is 0.481 e. The molecule has 4 heteroatoms. The normalized spacial score (nSPS) is 17.4. The van der Waals surface area contributed by atoms with Gasteiger partial charge in [0.1, 0.15) is 5.75 Å². The van der Waals surface area contributed by atoms with E-state index in [0.717, 1.165) is 12.8 Å². The highest BCUT2D eigenvalue weighted by Gasteiger charge is 2.20. The van der Waals surface area contributed by atoms with E-state index in [2.05, 4.69) is 5.32 Å². The van der Waals surface area contributed by atoms with Crippen molar-refractivity contribution in [3.05, 3.63) is 29.8 Å². The number of ether oxygens (including phenoxy) is 1. The molecule has 1 aliphatic carbocycles. The lowest BCUT2D eigenvalue weighted by molar-refractivity contribution is -0.128. The monoisotopic (exact) mass is 303 g/mol. The van der Waals surface area contributed by atoms with Crippen LogP contribution >= 0.6 is 0 Å². The van der Waals surface area contributed by atoms with Crippen molar-refractivity contribution in [2.45, 2.75) is 64.5 Å². The second-order valence-electron chi connectivity index (χ2n) is 6.04. The van der Waals surface area contributed by atoms with Crippen LogP contribution in [0.4, 0.5) is 0 Å². The topological polar surface area (TPSA) is 55.4 Å². The minimum atomic E-state index is -0.564. The molecule has 1 aromatic rings. The number of hydrogen-bond donors (Lipinski definition) is 1. The fraction of sp³-hybridized carbons (Fsp3) is 0.556. The molecular weight excluding hydrogens is 278 g/mol. The van der Waals surface area contributed by atoms with Gasteiger partial charge < -0.3 is 10.1 Å². The summed E-state index contributed by atoms with van der Waals surface area (Å²) in [5, 5.41) is 3.09. The van der Waals surface area contributed by atoms with Gasteiger partial charge in [-0.15, -0.1) is 0 Å². The predicted octanol–water partition coefficient (Wildman–Crippen LogP) is 3.50. The van der Waals surface area contributed by atoms with Crippen LogP contribution < -0.4 is 10.1 Å². The summed E-state index contributed by atoms with van der Waals surface area (Å²) < 4.78 is 5.68. The first kappa shape index (κ1) is 16.5. The third-order valence-corrected chi connectivity index (χ3v) is 4.12. The molecular formula is C18H25NO3. The van der Waals surface area contributed by atoms with E-state index in [1.54, 1.807) is 31.2 Å². The van der Waals surface area contributed by atoms with Crippen molar-refractivity contribution in [1.29, 1.82) is 0 Å². The lowest BCUT2D eigenvalue weighted by atomic mass is 10.1. The van der Waals surface area contributed by atoms with Crippen molar-refractivity contribution >= 4 is 11.7 Å². The molecule has 0 saturated heterocycles. The highest BCUT2D eigenvalue weighted by molar-refractivity contribution is 5.94. The summed E-state index contributed by atoms with van der Waals surface area (Å²) in [5.74, 6) is 0.456. The molecule has 22 heavy (non-hydrogen) atoms. The van der Waals surface area contributed by atoms with Crippen LogP contribution in [0.3, 0.4) is 0 Å². The van der Waals surface area contributed by atoms with Crippen molar-refractivity contribution in [1.82, 2.24) is 5.32 Å². The first-order chi connectivity index (χ1) is 10.6. The fourth-order valence-corrected chi connectivity index (χ4v) is 2.79. The number of rotatable bonds is 5. The number of nitrogens with one attached hydrogen (secondary N) is 1.